The van der Waals surface area contributed by atoms with Gasteiger partial charge in [-0.3, -0.25) is 14.4 Å². The van der Waals surface area contributed by atoms with Gasteiger partial charge in [-0.25, -0.2) is 4.98 Å². The molecule has 0 unspecified atom stereocenters. The number of anilines is 1. The molecule has 0 aliphatic carbocycles. The molecule has 0 fully saturated rings. The molecule has 242 valence electrons. The van der Waals surface area contributed by atoms with Gasteiger partial charge >= 0.3 is 0 Å². The summed E-state index contributed by atoms with van der Waals surface area (Å²) in [6.45, 7) is 6.04. The Labute approximate surface area is 268 Å². The quantitative estimate of drug-likeness (QED) is 0.160. The van der Waals surface area contributed by atoms with E-state index < -0.39 is 17.7 Å². The first-order chi connectivity index (χ1) is 22.1. The van der Waals surface area contributed by atoms with E-state index in [1.807, 2.05) is 69.3 Å². The van der Waals surface area contributed by atoms with Gasteiger partial charge in [0.15, 0.2) is 5.58 Å². The molecule has 1 aromatic heterocycles. The number of oxazole rings is 1. The predicted molar refractivity (Wildman–Crippen MR) is 175 cm³/mol. The van der Waals surface area contributed by atoms with Gasteiger partial charge in [-0.1, -0.05) is 36.4 Å². The predicted octanol–water partition coefficient (Wildman–Crippen LogP) is 3.32. The van der Waals surface area contributed by atoms with Crippen LogP contribution in [0, 0.1) is 0 Å². The summed E-state index contributed by atoms with van der Waals surface area (Å²) in [4.78, 5) is 46.2. The van der Waals surface area contributed by atoms with Gasteiger partial charge in [0.05, 0.1) is 24.8 Å². The number of hydrogen-bond donors (Lipinski definition) is 5. The minimum atomic E-state index is -0.927. The molecule has 1 aliphatic heterocycles. The Bertz CT molecular complexity index is 1720. The highest BCUT2D eigenvalue weighted by Gasteiger charge is 2.33. The molecular weight excluding hydrogens is 586 g/mol. The summed E-state index contributed by atoms with van der Waals surface area (Å²) in [5.74, 6) is -0.376. The first-order valence-electron chi connectivity index (χ1n) is 15.6. The molecule has 3 amide bonds. The van der Waals surface area contributed by atoms with Crippen LogP contribution in [-0.4, -0.2) is 70.3 Å². The lowest BCUT2D eigenvalue weighted by molar-refractivity contribution is -0.128. The zero-order valence-corrected chi connectivity index (χ0v) is 26.4. The lowest BCUT2D eigenvalue weighted by atomic mass is 9.99. The van der Waals surface area contributed by atoms with Gasteiger partial charge in [-0.05, 0) is 75.1 Å². The number of benzene rings is 3. The third kappa shape index (κ3) is 7.61. The maximum absolute atomic E-state index is 14.0. The van der Waals surface area contributed by atoms with Gasteiger partial charge in [0.1, 0.15) is 11.6 Å². The van der Waals surface area contributed by atoms with E-state index in [9.17, 15) is 19.5 Å². The number of fused-ring (bicyclic) bond motifs is 2. The van der Waals surface area contributed by atoms with Gasteiger partial charge < -0.3 is 35.5 Å². The topological polar surface area (TPSA) is 157 Å². The fourth-order valence-corrected chi connectivity index (χ4v) is 5.67. The van der Waals surface area contributed by atoms with Crippen molar-refractivity contribution in [2.75, 3.05) is 24.6 Å². The number of aliphatic hydroxyl groups is 2. The number of aryl methyl sites for hydroxylation is 1. The van der Waals surface area contributed by atoms with E-state index in [-0.39, 0.29) is 43.8 Å². The molecule has 2 heterocycles. The molecule has 1 aliphatic rings. The van der Waals surface area contributed by atoms with E-state index in [2.05, 4.69) is 16.0 Å². The zero-order valence-electron chi connectivity index (χ0n) is 26.4. The number of nitrogens with one attached hydrogen (secondary N) is 3. The van der Waals surface area contributed by atoms with E-state index in [0.717, 1.165) is 16.8 Å². The Kier molecular flexibility index (Phi) is 10.2. The molecule has 11 nitrogen and oxygen atoms in total. The minimum absolute atomic E-state index is 0.0796. The second-order valence-electron chi connectivity index (χ2n) is 12.2. The highest BCUT2D eigenvalue weighted by atomic mass is 16.3. The lowest BCUT2D eigenvalue weighted by Crippen LogP contribution is -2.51. The van der Waals surface area contributed by atoms with Crippen LogP contribution in [0.4, 0.5) is 5.69 Å². The Morgan fingerprint density at radius 3 is 2.65 bits per heavy atom. The van der Waals surface area contributed by atoms with E-state index >= 15 is 0 Å². The monoisotopic (exact) mass is 627 g/mol. The number of nitrogens with zero attached hydrogens (tertiary/aromatic N) is 2. The van der Waals surface area contributed by atoms with Crippen molar-refractivity contribution < 1.29 is 29.0 Å². The van der Waals surface area contributed by atoms with Crippen molar-refractivity contribution in [3.8, 4) is 11.5 Å². The van der Waals surface area contributed by atoms with Gasteiger partial charge in [0, 0.05) is 36.3 Å². The first-order valence-corrected chi connectivity index (χ1v) is 15.6. The molecule has 2 atom stereocenters. The van der Waals surface area contributed by atoms with Gasteiger partial charge in [-0.15, -0.1) is 0 Å². The summed E-state index contributed by atoms with van der Waals surface area (Å²) in [6.07, 6.45) is 0.219. The van der Waals surface area contributed by atoms with Crippen LogP contribution in [-0.2, 0) is 22.6 Å². The number of para-hydroxylation sites is 1. The number of rotatable bonds is 12. The molecule has 0 spiro atoms. The van der Waals surface area contributed by atoms with E-state index in [1.165, 1.54) is 0 Å². The molecule has 11 heteroatoms. The molecule has 46 heavy (non-hydrogen) atoms. The van der Waals surface area contributed by atoms with Crippen LogP contribution in [0.25, 0.3) is 22.6 Å². The highest BCUT2D eigenvalue weighted by Crippen LogP contribution is 2.31. The first kappa shape index (κ1) is 32.8. The van der Waals surface area contributed by atoms with Gasteiger partial charge in [-0.2, -0.15) is 0 Å². The summed E-state index contributed by atoms with van der Waals surface area (Å²) >= 11 is 0. The third-order valence-electron chi connectivity index (χ3n) is 8.05. The summed E-state index contributed by atoms with van der Waals surface area (Å²) in [6, 6.07) is 19.8. The molecule has 0 saturated heterocycles. The van der Waals surface area contributed by atoms with Crippen molar-refractivity contribution >= 4 is 34.5 Å². The van der Waals surface area contributed by atoms with Crippen LogP contribution in [0.2, 0.25) is 0 Å². The number of β-amino-alcohol motifs (C(OH)–C–C–N with tert-alkyl or cyclic N) is 1. The summed E-state index contributed by atoms with van der Waals surface area (Å²) < 4.78 is 6.05. The van der Waals surface area contributed by atoms with Crippen molar-refractivity contribution in [3.05, 3.63) is 83.4 Å². The zero-order chi connectivity index (χ0) is 32.8. The van der Waals surface area contributed by atoms with E-state index in [1.54, 1.807) is 23.1 Å². The molecule has 0 radical (unpaired) electrons. The van der Waals surface area contributed by atoms with Crippen LogP contribution < -0.4 is 20.9 Å². The fraction of sp³-hybridized carbons (Fsp3) is 0.371. The SMILES string of the molecule is CCNC(=O)c1ccccc1-c1nc2cc(CN3C(=O)[C@H](NC(=O)CC(C)(C)NC[C@H](O)CO)CCc4ccccc43)ccc2o1. The molecule has 4 aromatic rings. The molecular formula is C35H41N5O6. The summed E-state index contributed by atoms with van der Waals surface area (Å²) in [5.41, 5.74) is 4.18. The lowest BCUT2D eigenvalue weighted by Gasteiger charge is -2.29. The maximum Gasteiger partial charge on any atom is 0.252 e. The average Bonchev–Trinajstić information content (AvgIpc) is 3.42. The minimum Gasteiger partial charge on any atom is -0.436 e. The number of hydrogen-bond acceptors (Lipinski definition) is 8. The summed E-state index contributed by atoms with van der Waals surface area (Å²) in [7, 11) is 0. The Balaban J connectivity index is 1.37. The van der Waals surface area contributed by atoms with Crippen LogP contribution in [0.5, 0.6) is 0 Å². The Hall–Kier alpha value is -4.58. The largest absolute Gasteiger partial charge is 0.436 e. The fourth-order valence-electron chi connectivity index (χ4n) is 5.67. The number of aromatic nitrogens is 1. The van der Waals surface area contributed by atoms with E-state index in [4.69, 9.17) is 14.5 Å². The van der Waals surface area contributed by atoms with Crippen LogP contribution in [0.15, 0.2) is 71.1 Å². The van der Waals surface area contributed by atoms with Crippen molar-refractivity contribution in [1.82, 2.24) is 20.9 Å². The number of carbonyl (C=O) groups is 3. The van der Waals surface area contributed by atoms with Gasteiger partial charge in [0.2, 0.25) is 17.7 Å². The highest BCUT2D eigenvalue weighted by molar-refractivity contribution is 6.01. The van der Waals surface area contributed by atoms with Crippen LogP contribution in [0.3, 0.4) is 0 Å². The second kappa shape index (κ2) is 14.2. The van der Waals surface area contributed by atoms with Crippen molar-refractivity contribution in [2.24, 2.45) is 0 Å². The number of aliphatic hydroxyl groups excluding tert-OH is 2. The number of carbonyl (C=O) groups excluding carboxylic acids is 3. The molecule has 3 aromatic carbocycles. The Morgan fingerprint density at radius 2 is 1.87 bits per heavy atom. The third-order valence-corrected chi connectivity index (χ3v) is 8.05. The standard InChI is InChI=1S/C35H41N5O6/c1-4-36-32(44)25-10-6-7-11-26(25)33-39-28-17-22(13-16-30(28)46-33)20-40-29-12-8-5-9-23(29)14-15-27(34(40)45)38-31(43)18-35(2,3)37-19-24(42)21-41/h5-13,16-17,24,27,37,41-42H,4,14-15,18-21H2,1-3H3,(H,36,44)(H,38,43)/t24-,27+/m0/s1. The normalized spacial score (nSPS) is 15.7. The van der Waals surface area contributed by atoms with Gasteiger partial charge in [0.25, 0.3) is 5.91 Å². The maximum atomic E-state index is 14.0. The van der Waals surface area contributed by atoms with Crippen LogP contribution in [0.1, 0.15) is 55.1 Å². The molecule has 5 rings (SSSR count). The van der Waals surface area contributed by atoms with Crippen LogP contribution >= 0.6 is 0 Å². The Morgan fingerprint density at radius 1 is 1.11 bits per heavy atom. The smallest absolute Gasteiger partial charge is 0.252 e. The molecule has 0 saturated carbocycles. The average molecular weight is 628 g/mol. The van der Waals surface area contributed by atoms with E-state index in [0.29, 0.717) is 47.5 Å². The molecule has 5 N–H and O–H groups in total. The summed E-state index contributed by atoms with van der Waals surface area (Å²) in [5, 5.41) is 27.7. The molecule has 0 bridgehead atoms. The second-order valence-corrected chi connectivity index (χ2v) is 12.2. The number of amides is 3. The van der Waals surface area contributed by atoms with Crippen molar-refractivity contribution in [2.45, 2.75) is 64.3 Å². The van der Waals surface area contributed by atoms with Crippen molar-refractivity contribution in [3.63, 3.8) is 0 Å². The van der Waals surface area contributed by atoms with Crippen molar-refractivity contribution in [1.29, 1.82) is 0 Å².